The molecule has 0 spiro atoms. The number of aromatic nitrogens is 3. The van der Waals surface area contributed by atoms with Gasteiger partial charge in [-0.15, -0.1) is 0 Å². The van der Waals surface area contributed by atoms with Gasteiger partial charge in [-0.3, -0.25) is 4.79 Å². The summed E-state index contributed by atoms with van der Waals surface area (Å²) < 4.78 is 7.12. The van der Waals surface area contributed by atoms with Gasteiger partial charge in [0, 0.05) is 19.3 Å². The molecule has 0 unspecified atom stereocenters. The van der Waals surface area contributed by atoms with Crippen molar-refractivity contribution in [2.75, 3.05) is 36.5 Å². The van der Waals surface area contributed by atoms with Gasteiger partial charge in [0.25, 0.3) is 0 Å². The van der Waals surface area contributed by atoms with Gasteiger partial charge in [-0.25, -0.2) is 9.67 Å². The lowest BCUT2D eigenvalue weighted by Crippen LogP contribution is -2.36. The number of anilines is 2. The van der Waals surface area contributed by atoms with Crippen molar-refractivity contribution in [3.05, 3.63) is 66.6 Å². The SMILES string of the molecule is O=C(Cc1cnn(-c2ccccc2)c1)Nc1ccc(N2CCOCC2)cn1. The number of hydrogen-bond acceptors (Lipinski definition) is 5. The molecule has 0 saturated carbocycles. The fourth-order valence-electron chi connectivity index (χ4n) is 3.01. The van der Waals surface area contributed by atoms with Crippen molar-refractivity contribution >= 4 is 17.4 Å². The molecule has 3 aromatic rings. The number of hydrogen-bond donors (Lipinski definition) is 1. The molecule has 0 aliphatic carbocycles. The quantitative estimate of drug-likeness (QED) is 0.753. The van der Waals surface area contributed by atoms with E-state index in [4.69, 9.17) is 4.74 Å². The number of pyridine rings is 1. The number of morpholine rings is 1. The molecule has 1 fully saturated rings. The predicted molar refractivity (Wildman–Crippen MR) is 103 cm³/mol. The third kappa shape index (κ3) is 4.32. The maximum Gasteiger partial charge on any atom is 0.230 e. The third-order valence-corrected chi connectivity index (χ3v) is 4.41. The number of nitrogens with zero attached hydrogens (tertiary/aromatic N) is 4. The zero-order chi connectivity index (χ0) is 18.5. The van der Waals surface area contributed by atoms with Gasteiger partial charge in [-0.2, -0.15) is 5.10 Å². The number of carbonyl (C=O) groups excluding carboxylic acids is 1. The van der Waals surface area contributed by atoms with E-state index in [2.05, 4.69) is 20.3 Å². The Balaban J connectivity index is 1.35. The van der Waals surface area contributed by atoms with Gasteiger partial charge in [0.15, 0.2) is 0 Å². The molecule has 1 aliphatic heterocycles. The molecule has 3 heterocycles. The van der Waals surface area contributed by atoms with E-state index in [0.29, 0.717) is 5.82 Å². The minimum Gasteiger partial charge on any atom is -0.378 e. The minimum atomic E-state index is -0.116. The highest BCUT2D eigenvalue weighted by molar-refractivity contribution is 5.91. The Kier molecular flexibility index (Phi) is 5.11. The molecule has 138 valence electrons. The second kappa shape index (κ2) is 8.01. The summed E-state index contributed by atoms with van der Waals surface area (Å²) in [6, 6.07) is 13.6. The van der Waals surface area contributed by atoms with Crippen LogP contribution in [0.4, 0.5) is 11.5 Å². The average Bonchev–Trinajstić information content (AvgIpc) is 3.18. The van der Waals surface area contributed by atoms with Crippen molar-refractivity contribution in [3.8, 4) is 5.69 Å². The van der Waals surface area contributed by atoms with E-state index >= 15 is 0 Å². The van der Waals surface area contributed by atoms with Gasteiger partial charge in [-0.05, 0) is 29.8 Å². The fourth-order valence-corrected chi connectivity index (χ4v) is 3.01. The summed E-state index contributed by atoms with van der Waals surface area (Å²) in [5.74, 6) is 0.432. The summed E-state index contributed by atoms with van der Waals surface area (Å²) >= 11 is 0. The van der Waals surface area contributed by atoms with Crippen LogP contribution in [0.2, 0.25) is 0 Å². The molecular weight excluding hydrogens is 342 g/mol. The molecule has 1 aromatic carbocycles. The summed E-state index contributed by atoms with van der Waals surface area (Å²) in [6.45, 7) is 3.18. The van der Waals surface area contributed by atoms with Gasteiger partial charge < -0.3 is 15.0 Å². The van der Waals surface area contributed by atoms with E-state index in [1.807, 2.05) is 48.7 Å². The summed E-state index contributed by atoms with van der Waals surface area (Å²) in [5, 5.41) is 7.15. The smallest absolute Gasteiger partial charge is 0.230 e. The summed E-state index contributed by atoms with van der Waals surface area (Å²) in [7, 11) is 0. The van der Waals surface area contributed by atoms with Gasteiger partial charge in [0.05, 0.1) is 43.4 Å². The van der Waals surface area contributed by atoms with Crippen LogP contribution in [0.5, 0.6) is 0 Å². The van der Waals surface area contributed by atoms with E-state index in [-0.39, 0.29) is 12.3 Å². The van der Waals surface area contributed by atoms with Crippen molar-refractivity contribution in [1.82, 2.24) is 14.8 Å². The van der Waals surface area contributed by atoms with Crippen molar-refractivity contribution in [3.63, 3.8) is 0 Å². The summed E-state index contributed by atoms with van der Waals surface area (Å²) in [5.41, 5.74) is 2.85. The molecule has 7 heteroatoms. The second-order valence-electron chi connectivity index (χ2n) is 6.35. The van der Waals surface area contributed by atoms with E-state index in [0.717, 1.165) is 43.2 Å². The van der Waals surface area contributed by atoms with Crippen LogP contribution in [0.15, 0.2) is 61.1 Å². The first kappa shape index (κ1) is 17.2. The third-order valence-electron chi connectivity index (χ3n) is 4.41. The van der Waals surface area contributed by atoms with Crippen LogP contribution in [0, 0.1) is 0 Å². The number of carbonyl (C=O) groups is 1. The van der Waals surface area contributed by atoms with Crippen LogP contribution in [0.3, 0.4) is 0 Å². The first-order chi connectivity index (χ1) is 13.3. The summed E-state index contributed by atoms with van der Waals surface area (Å²) in [4.78, 5) is 18.9. The Labute approximate surface area is 157 Å². The second-order valence-corrected chi connectivity index (χ2v) is 6.35. The normalized spacial score (nSPS) is 14.1. The van der Waals surface area contributed by atoms with Crippen LogP contribution in [0.1, 0.15) is 5.56 Å². The molecule has 7 nitrogen and oxygen atoms in total. The van der Waals surface area contributed by atoms with Crippen molar-refractivity contribution in [2.24, 2.45) is 0 Å². The molecule has 0 radical (unpaired) electrons. The maximum absolute atomic E-state index is 12.3. The van der Waals surface area contributed by atoms with Crippen LogP contribution in [-0.4, -0.2) is 47.0 Å². The lowest BCUT2D eigenvalue weighted by molar-refractivity contribution is -0.115. The van der Waals surface area contributed by atoms with Crippen LogP contribution >= 0.6 is 0 Å². The van der Waals surface area contributed by atoms with E-state index < -0.39 is 0 Å². The lowest BCUT2D eigenvalue weighted by atomic mass is 10.2. The Morgan fingerprint density at radius 3 is 2.59 bits per heavy atom. The molecule has 4 rings (SSSR count). The Morgan fingerprint density at radius 2 is 1.85 bits per heavy atom. The van der Waals surface area contributed by atoms with Crippen LogP contribution < -0.4 is 10.2 Å². The maximum atomic E-state index is 12.3. The average molecular weight is 363 g/mol. The minimum absolute atomic E-state index is 0.116. The monoisotopic (exact) mass is 363 g/mol. The predicted octanol–water partition coefficient (Wildman–Crippen LogP) is 2.29. The molecule has 1 N–H and O–H groups in total. The number of amides is 1. The Bertz CT molecular complexity index is 886. The number of benzene rings is 1. The van der Waals surface area contributed by atoms with Gasteiger partial charge in [0.2, 0.25) is 5.91 Å². The highest BCUT2D eigenvalue weighted by Gasteiger charge is 2.12. The van der Waals surface area contributed by atoms with Crippen molar-refractivity contribution < 1.29 is 9.53 Å². The number of nitrogens with one attached hydrogen (secondary N) is 1. The highest BCUT2D eigenvalue weighted by atomic mass is 16.5. The van der Waals surface area contributed by atoms with Crippen molar-refractivity contribution in [1.29, 1.82) is 0 Å². The van der Waals surface area contributed by atoms with E-state index in [1.165, 1.54) is 0 Å². The number of ether oxygens (including phenoxy) is 1. The zero-order valence-electron chi connectivity index (χ0n) is 14.9. The largest absolute Gasteiger partial charge is 0.378 e. The van der Waals surface area contributed by atoms with Gasteiger partial charge in [-0.1, -0.05) is 18.2 Å². The van der Waals surface area contributed by atoms with E-state index in [1.54, 1.807) is 17.1 Å². The molecule has 0 atom stereocenters. The molecule has 1 aliphatic rings. The van der Waals surface area contributed by atoms with Crippen molar-refractivity contribution in [2.45, 2.75) is 6.42 Å². The van der Waals surface area contributed by atoms with Gasteiger partial charge >= 0.3 is 0 Å². The molecule has 27 heavy (non-hydrogen) atoms. The topological polar surface area (TPSA) is 72.3 Å². The Morgan fingerprint density at radius 1 is 1.04 bits per heavy atom. The number of rotatable bonds is 5. The Hall–Kier alpha value is -3.19. The first-order valence-corrected chi connectivity index (χ1v) is 8.95. The standard InChI is InChI=1S/C20H21N5O2/c26-20(12-16-13-22-25(15-16)17-4-2-1-3-5-17)23-19-7-6-18(14-21-19)24-8-10-27-11-9-24/h1-7,13-15H,8-12H2,(H,21,23,26). The molecule has 0 bridgehead atoms. The van der Waals surface area contributed by atoms with E-state index in [9.17, 15) is 4.79 Å². The first-order valence-electron chi connectivity index (χ1n) is 8.95. The molecule has 1 amide bonds. The lowest BCUT2D eigenvalue weighted by Gasteiger charge is -2.28. The van der Waals surface area contributed by atoms with Crippen LogP contribution in [-0.2, 0) is 16.0 Å². The van der Waals surface area contributed by atoms with Gasteiger partial charge in [0.1, 0.15) is 5.82 Å². The highest BCUT2D eigenvalue weighted by Crippen LogP contribution is 2.16. The molecular formula is C20H21N5O2. The van der Waals surface area contributed by atoms with Crippen LogP contribution in [0.25, 0.3) is 5.69 Å². The fraction of sp³-hybridized carbons (Fsp3) is 0.250. The summed E-state index contributed by atoms with van der Waals surface area (Å²) in [6.07, 6.45) is 5.61. The zero-order valence-corrected chi connectivity index (χ0v) is 14.9. The molecule has 1 saturated heterocycles. The molecule has 2 aromatic heterocycles. The number of para-hydroxylation sites is 1.